The molecular weight excluding hydrogens is 635 g/mol. The number of aromatic nitrogens is 2. The molecule has 234 valence electrons. The number of aromatic amines is 2. The maximum atomic E-state index is 12.5. The summed E-state index contributed by atoms with van der Waals surface area (Å²) >= 11 is 9.70. The first-order chi connectivity index (χ1) is 21.6. The molecule has 1 aromatic heterocycles. The minimum atomic E-state index is -3.75. The van der Waals surface area contributed by atoms with Crippen molar-refractivity contribution in [3.8, 4) is 11.6 Å². The molecule has 2 heterocycles. The fraction of sp³-hybridized carbons (Fsp3) is 0.258. The van der Waals surface area contributed by atoms with Crippen LogP contribution in [0.2, 0.25) is 0 Å². The third-order valence-electron chi connectivity index (χ3n) is 6.68. The molecule has 0 saturated carbocycles. The number of nitrogens with one attached hydrogen (secondary N) is 3. The average molecular weight is 666 g/mol. The van der Waals surface area contributed by atoms with Crippen LogP contribution in [0.15, 0.2) is 76.0 Å². The number of unbranched alkanes of at least 4 members (excludes halogenated alkanes) is 2. The molecule has 3 aromatic rings. The fourth-order valence-electron chi connectivity index (χ4n) is 4.61. The Labute approximate surface area is 270 Å². The van der Waals surface area contributed by atoms with Gasteiger partial charge in [-0.2, -0.15) is 4.99 Å². The minimum absolute atomic E-state index is 0.0111. The molecule has 0 atom stereocenters. The number of benzene rings is 2. The quantitative estimate of drug-likeness (QED) is 0.0573. The van der Waals surface area contributed by atoms with E-state index in [0.29, 0.717) is 43.1 Å². The number of carbonyl (C=O) groups excluding carboxylic acids is 1. The number of aromatic hydroxyl groups is 1. The summed E-state index contributed by atoms with van der Waals surface area (Å²) in [6.07, 6.45) is 10.4. The third-order valence-corrected chi connectivity index (χ3v) is 8.34. The molecule has 0 aliphatic carbocycles. The van der Waals surface area contributed by atoms with Gasteiger partial charge in [-0.15, -0.1) is 5.73 Å². The van der Waals surface area contributed by atoms with E-state index in [4.69, 9.17) is 29.2 Å². The number of carbonyl (C=O) groups is 1. The average Bonchev–Trinajstić information content (AvgIpc) is 3.34. The second-order valence-corrected chi connectivity index (χ2v) is 12.4. The lowest BCUT2D eigenvalue weighted by Gasteiger charge is -2.20. The molecule has 4 rings (SSSR count). The molecule has 0 spiro atoms. The molecule has 14 heteroatoms. The maximum absolute atomic E-state index is 12.5. The molecule has 45 heavy (non-hydrogen) atoms. The molecule has 1 aliphatic rings. The number of amides is 1. The van der Waals surface area contributed by atoms with Gasteiger partial charge in [0, 0.05) is 18.4 Å². The molecule has 4 N–H and O–H groups in total. The minimum Gasteiger partial charge on any atom is -0.494 e. The number of thiocarbonyl (C=S) groups is 1. The summed E-state index contributed by atoms with van der Waals surface area (Å²) in [5.74, 6) is 0.0436. The number of H-pyrrole nitrogens is 2. The van der Waals surface area contributed by atoms with Crippen LogP contribution >= 0.6 is 24.4 Å². The Morgan fingerprint density at radius 1 is 1.18 bits per heavy atom. The van der Waals surface area contributed by atoms with Gasteiger partial charge in [-0.05, 0) is 79.4 Å². The van der Waals surface area contributed by atoms with E-state index in [1.807, 2.05) is 42.2 Å². The monoisotopic (exact) mass is 665 g/mol. The molecule has 11 nitrogen and oxygen atoms in total. The van der Waals surface area contributed by atoms with Crippen molar-refractivity contribution in [2.45, 2.75) is 39.0 Å². The summed E-state index contributed by atoms with van der Waals surface area (Å²) in [6, 6.07) is 9.42. The van der Waals surface area contributed by atoms with Crippen LogP contribution in [-0.2, 0) is 14.8 Å². The Kier molecular flexibility index (Phi) is 11.4. The standard InChI is InChI=1S/C31H31N5O6S3/c1-2-3-14-25(37)35-45(40,41)19-9-8-18-36-26(15-7-5-4-6-12-22-29(38)33-31(44)34-30(22)39)42-24-17-16-21-11-10-13-23(32-20-43)27(21)28(24)36/h4-5,7,10-13,15-17H,2-3,8-9,14,18-19H2,1H3,(H,35,37)(H3,33,34,38,39,44). The van der Waals surface area contributed by atoms with Crippen LogP contribution < -0.4 is 19.9 Å². The number of anilines is 1. The lowest BCUT2D eigenvalue weighted by molar-refractivity contribution is -0.119. The maximum Gasteiger partial charge on any atom is 0.263 e. The van der Waals surface area contributed by atoms with Crippen molar-refractivity contribution in [3.63, 3.8) is 0 Å². The van der Waals surface area contributed by atoms with E-state index in [1.54, 1.807) is 24.3 Å². The summed E-state index contributed by atoms with van der Waals surface area (Å²) in [6.45, 7) is 2.34. The number of ether oxygens (including phenoxy) is 1. The highest BCUT2D eigenvalue weighted by Crippen LogP contribution is 2.47. The Hall–Kier alpha value is -4.58. The highest BCUT2D eigenvalue weighted by atomic mass is 32.2. The lowest BCUT2D eigenvalue weighted by Crippen LogP contribution is -2.32. The molecule has 0 saturated heterocycles. The van der Waals surface area contributed by atoms with Gasteiger partial charge >= 0.3 is 0 Å². The molecule has 0 bridgehead atoms. The SMILES string of the molecule is CCCCC(=O)NS(=O)(=O)CCCCN1C(=CC=CC=C=Cc2c(O)[nH]c(=S)[nH]c2=O)Oc2ccc3cccc(N=C=S)c3c21. The van der Waals surface area contributed by atoms with Crippen LogP contribution in [0.4, 0.5) is 11.4 Å². The number of allylic oxidation sites excluding steroid dienone is 4. The first kappa shape index (κ1) is 33.3. The number of nitrogens with zero attached hydrogens (tertiary/aromatic N) is 2. The molecule has 1 aliphatic heterocycles. The number of rotatable bonds is 13. The van der Waals surface area contributed by atoms with Crippen LogP contribution in [0.5, 0.6) is 11.6 Å². The van der Waals surface area contributed by atoms with Gasteiger partial charge in [0.1, 0.15) is 5.56 Å². The number of fused-ring (bicyclic) bond motifs is 3. The second-order valence-electron chi connectivity index (χ2n) is 9.94. The first-order valence-corrected chi connectivity index (χ1v) is 16.6. The van der Waals surface area contributed by atoms with Crippen molar-refractivity contribution < 1.29 is 23.1 Å². The van der Waals surface area contributed by atoms with E-state index in [1.165, 1.54) is 6.08 Å². The first-order valence-electron chi connectivity index (χ1n) is 14.1. The summed E-state index contributed by atoms with van der Waals surface area (Å²) < 4.78 is 33.3. The number of aliphatic imine (C=N–C) groups is 1. The predicted molar refractivity (Wildman–Crippen MR) is 181 cm³/mol. The van der Waals surface area contributed by atoms with E-state index in [0.717, 1.165) is 22.9 Å². The van der Waals surface area contributed by atoms with Crippen molar-refractivity contribution >= 4 is 73.8 Å². The number of sulfonamides is 1. The topological polar surface area (TPSA) is 157 Å². The van der Waals surface area contributed by atoms with Crippen molar-refractivity contribution in [3.05, 3.63) is 86.9 Å². The van der Waals surface area contributed by atoms with E-state index in [2.05, 4.69) is 30.6 Å². The van der Waals surface area contributed by atoms with Gasteiger partial charge in [-0.1, -0.05) is 43.7 Å². The second kappa shape index (κ2) is 15.4. The highest BCUT2D eigenvalue weighted by Gasteiger charge is 2.29. The fourth-order valence-corrected chi connectivity index (χ4v) is 6.03. The molecule has 0 radical (unpaired) electrons. The van der Waals surface area contributed by atoms with Crippen LogP contribution in [0.3, 0.4) is 0 Å². The van der Waals surface area contributed by atoms with Crippen LogP contribution in [-0.4, -0.2) is 46.9 Å². The van der Waals surface area contributed by atoms with Crippen LogP contribution in [0, 0.1) is 4.77 Å². The van der Waals surface area contributed by atoms with Crippen molar-refractivity contribution in [1.82, 2.24) is 14.7 Å². The van der Waals surface area contributed by atoms with Gasteiger partial charge in [0.15, 0.2) is 10.5 Å². The number of isothiocyanates is 1. The predicted octanol–water partition coefficient (Wildman–Crippen LogP) is 5.91. The van der Waals surface area contributed by atoms with E-state index in [-0.39, 0.29) is 28.4 Å². The summed E-state index contributed by atoms with van der Waals surface area (Å²) in [7, 11) is -3.75. The van der Waals surface area contributed by atoms with Gasteiger partial charge in [0.2, 0.25) is 27.7 Å². The number of hydrogen-bond acceptors (Lipinski definition) is 10. The molecule has 2 aromatic carbocycles. The molecule has 0 fully saturated rings. The summed E-state index contributed by atoms with van der Waals surface area (Å²) in [5, 5.41) is 14.1. The number of hydrogen-bond donors (Lipinski definition) is 4. The zero-order valence-electron chi connectivity index (χ0n) is 24.3. The molecular formula is C31H31N5O6S3. The largest absolute Gasteiger partial charge is 0.494 e. The molecule has 1 amide bonds. The summed E-state index contributed by atoms with van der Waals surface area (Å²) in [5.41, 5.74) is 3.63. The van der Waals surface area contributed by atoms with Gasteiger partial charge in [0.25, 0.3) is 5.56 Å². The zero-order chi connectivity index (χ0) is 32.4. The van der Waals surface area contributed by atoms with E-state index >= 15 is 0 Å². The lowest BCUT2D eigenvalue weighted by atomic mass is 10.1. The van der Waals surface area contributed by atoms with Crippen molar-refractivity contribution in [2.75, 3.05) is 17.2 Å². The zero-order valence-corrected chi connectivity index (χ0v) is 26.8. The van der Waals surface area contributed by atoms with Gasteiger partial charge < -0.3 is 19.7 Å². The van der Waals surface area contributed by atoms with Crippen molar-refractivity contribution in [2.24, 2.45) is 4.99 Å². The van der Waals surface area contributed by atoms with Gasteiger partial charge in [-0.3, -0.25) is 19.3 Å². The van der Waals surface area contributed by atoms with Crippen molar-refractivity contribution in [1.29, 1.82) is 0 Å². The van der Waals surface area contributed by atoms with E-state index in [9.17, 15) is 23.1 Å². The Balaban J connectivity index is 1.57. The smallest absolute Gasteiger partial charge is 0.263 e. The highest BCUT2D eigenvalue weighted by molar-refractivity contribution is 7.90. The Morgan fingerprint density at radius 3 is 2.76 bits per heavy atom. The Morgan fingerprint density at radius 2 is 2.00 bits per heavy atom. The van der Waals surface area contributed by atoms with Crippen LogP contribution in [0.25, 0.3) is 16.8 Å². The molecule has 0 unspecified atom stereocenters. The summed E-state index contributed by atoms with van der Waals surface area (Å²) in [4.78, 5) is 35.0. The van der Waals surface area contributed by atoms with Gasteiger partial charge in [0.05, 0.1) is 22.3 Å². The normalized spacial score (nSPS) is 13.3. The van der Waals surface area contributed by atoms with Gasteiger partial charge in [-0.25, -0.2) is 8.42 Å². The third kappa shape index (κ3) is 8.75. The van der Waals surface area contributed by atoms with E-state index < -0.39 is 21.5 Å². The van der Waals surface area contributed by atoms with Crippen LogP contribution in [0.1, 0.15) is 44.6 Å². The Bertz CT molecular complexity index is 2000.